The maximum atomic E-state index is 7.32. The number of nitrogens with zero attached hydrogens (tertiary/aromatic N) is 3. The Kier molecular flexibility index (Phi) is 7.78. The van der Waals surface area contributed by atoms with Gasteiger partial charge in [-0.3, -0.25) is 0 Å². The third-order valence-electron chi connectivity index (χ3n) is 7.84. The summed E-state index contributed by atoms with van der Waals surface area (Å²) in [6.07, 6.45) is 0.650. The van der Waals surface area contributed by atoms with Crippen molar-refractivity contribution in [2.24, 2.45) is 10.2 Å². The molecule has 0 aliphatic carbocycles. The summed E-state index contributed by atoms with van der Waals surface area (Å²) in [5.74, 6) is 1.47. The zero-order chi connectivity index (χ0) is 28.8. The second-order valence-electron chi connectivity index (χ2n) is 10.3. The maximum absolute atomic E-state index is 7.32. The van der Waals surface area contributed by atoms with E-state index in [1.807, 2.05) is 60.7 Å². The number of benzene rings is 5. The lowest BCUT2D eigenvalue weighted by molar-refractivity contribution is -0.375. The van der Waals surface area contributed by atoms with Crippen molar-refractivity contribution in [1.82, 2.24) is 0 Å². The molecule has 42 heavy (non-hydrogen) atoms. The first kappa shape index (κ1) is 27.0. The first-order valence-electron chi connectivity index (χ1n) is 14.1. The predicted molar refractivity (Wildman–Crippen MR) is 171 cm³/mol. The molecule has 0 saturated heterocycles. The van der Waals surface area contributed by atoms with E-state index in [9.17, 15) is 0 Å². The van der Waals surface area contributed by atoms with Gasteiger partial charge in [-0.2, -0.15) is 5.11 Å². The number of hydrogen-bond donors (Lipinski definition) is 0. The van der Waals surface area contributed by atoms with Gasteiger partial charge in [0.1, 0.15) is 11.5 Å². The Morgan fingerprint density at radius 3 is 1.71 bits per heavy atom. The first-order chi connectivity index (χ1) is 20.7. The largest absolute Gasteiger partial charge is 0.649 e. The Hall–Kier alpha value is -5.23. The summed E-state index contributed by atoms with van der Waals surface area (Å²) < 4.78 is 14.9. The van der Waals surface area contributed by atoms with E-state index < -0.39 is 6.48 Å². The number of ether oxygens (including phenoxy) is 1. The van der Waals surface area contributed by atoms with Gasteiger partial charge in [0.05, 0.1) is 26.3 Å². The number of methoxy groups -OCH3 is 1. The van der Waals surface area contributed by atoms with Crippen LogP contribution in [0.1, 0.15) is 11.1 Å². The fraction of sp³-hybridized carbons (Fsp3) is 0.0833. The van der Waals surface area contributed by atoms with Crippen molar-refractivity contribution in [3.05, 3.63) is 162 Å². The van der Waals surface area contributed by atoms with Crippen LogP contribution >= 0.6 is 0 Å². The third kappa shape index (κ3) is 5.27. The molecule has 0 N–H and O–H groups in total. The maximum Gasteiger partial charge on any atom is 0.508 e. The van der Waals surface area contributed by atoms with Crippen LogP contribution in [-0.2, 0) is 11.1 Å². The Morgan fingerprint density at radius 1 is 0.643 bits per heavy atom. The minimum Gasteiger partial charge on any atom is -0.649 e. The Morgan fingerprint density at radius 2 is 1.17 bits per heavy atom. The zero-order valence-electron chi connectivity index (χ0n) is 23.8. The zero-order valence-corrected chi connectivity index (χ0v) is 23.8. The molecule has 1 aliphatic heterocycles. The monoisotopic (exact) mass is 549 g/mol. The van der Waals surface area contributed by atoms with Gasteiger partial charge >= 0.3 is 6.48 Å². The van der Waals surface area contributed by atoms with E-state index in [-0.39, 0.29) is 0 Å². The number of hydrogen-bond acceptors (Lipinski definition) is 4. The molecular weight excluding hydrogens is 517 g/mol. The summed E-state index contributed by atoms with van der Waals surface area (Å²) in [6.45, 7) is -1.89. The predicted octanol–water partition coefficient (Wildman–Crippen LogP) is 6.76. The fourth-order valence-electron chi connectivity index (χ4n) is 5.68. The van der Waals surface area contributed by atoms with Crippen LogP contribution in [0.4, 0.5) is 5.69 Å². The number of rotatable bonds is 8. The van der Waals surface area contributed by atoms with Gasteiger partial charge in [-0.1, -0.05) is 132 Å². The lowest BCUT2D eigenvalue weighted by Gasteiger charge is -2.43. The molecule has 0 unspecified atom stereocenters. The average molecular weight is 549 g/mol. The van der Waals surface area contributed by atoms with Crippen LogP contribution in [-0.4, -0.2) is 30.8 Å². The molecule has 0 amide bonds. The topological polar surface area (TPSA) is 46.2 Å². The van der Waals surface area contributed by atoms with Crippen LogP contribution in [0.25, 0.3) is 5.76 Å². The average Bonchev–Trinajstić information content (AvgIpc) is 3.07. The Balaban J connectivity index is 1.63. The van der Waals surface area contributed by atoms with Crippen LogP contribution < -0.4 is 15.7 Å². The highest BCUT2D eigenvalue weighted by Crippen LogP contribution is 2.33. The summed E-state index contributed by atoms with van der Waals surface area (Å²) in [4.78, 5) is 0. The molecule has 1 aliphatic rings. The van der Waals surface area contributed by atoms with Crippen molar-refractivity contribution < 1.29 is 13.9 Å². The van der Waals surface area contributed by atoms with Crippen molar-refractivity contribution in [2.75, 3.05) is 14.2 Å². The van der Waals surface area contributed by atoms with Gasteiger partial charge in [-0.25, -0.2) is 0 Å². The van der Waals surface area contributed by atoms with E-state index in [1.165, 1.54) is 5.56 Å². The molecule has 0 spiro atoms. The lowest BCUT2D eigenvalue weighted by Crippen LogP contribution is -2.70. The van der Waals surface area contributed by atoms with Crippen LogP contribution in [0.3, 0.4) is 0 Å². The van der Waals surface area contributed by atoms with Crippen LogP contribution in [0.15, 0.2) is 162 Å². The van der Waals surface area contributed by atoms with E-state index in [2.05, 4.69) is 96.5 Å². The fourth-order valence-corrected chi connectivity index (χ4v) is 5.68. The standard InChI is InChI=1S/C36H32BN3O2/c1-40-34(27-28-15-7-3-8-16-28)35(39-38-32-23-25-33(41-2)26-24-32)36(29-17-9-4-10-18-29)42-37(40,30-19-11-5-12-20-30)31-21-13-6-14-22-31/h3-26H,27H2,1-2H3. The van der Waals surface area contributed by atoms with Gasteiger partial charge in [0, 0.05) is 5.56 Å². The Labute approximate surface area is 247 Å². The van der Waals surface area contributed by atoms with Crippen molar-refractivity contribution in [1.29, 1.82) is 0 Å². The summed E-state index contributed by atoms with van der Waals surface area (Å²) in [5.41, 5.74) is 6.73. The minimum absolute atomic E-state index is 0.650. The molecule has 1 heterocycles. The van der Waals surface area contributed by atoms with Crippen LogP contribution in [0.2, 0.25) is 0 Å². The summed E-state index contributed by atoms with van der Waals surface area (Å²) in [7, 11) is 3.77. The molecule has 6 heteroatoms. The molecule has 5 aromatic rings. The van der Waals surface area contributed by atoms with Gasteiger partial charge < -0.3 is 13.9 Å². The highest BCUT2D eigenvalue weighted by molar-refractivity contribution is 6.92. The molecule has 206 valence electrons. The van der Waals surface area contributed by atoms with E-state index in [0.717, 1.165) is 33.6 Å². The highest BCUT2D eigenvalue weighted by Gasteiger charge is 2.49. The minimum atomic E-state index is -1.89. The van der Waals surface area contributed by atoms with Gasteiger partial charge in [0.15, 0.2) is 11.4 Å². The molecule has 0 saturated carbocycles. The number of azo groups is 1. The first-order valence-corrected chi connectivity index (χ1v) is 14.1. The Bertz CT molecular complexity index is 1700. The molecule has 5 nitrogen and oxygen atoms in total. The molecular formula is C36H32BN3O2. The van der Waals surface area contributed by atoms with Crippen molar-refractivity contribution in [3.63, 3.8) is 0 Å². The van der Waals surface area contributed by atoms with E-state index in [1.54, 1.807) is 7.11 Å². The van der Waals surface area contributed by atoms with E-state index >= 15 is 0 Å². The molecule has 0 radical (unpaired) electrons. The quantitative estimate of drug-likeness (QED) is 0.159. The summed E-state index contributed by atoms with van der Waals surface area (Å²) >= 11 is 0. The second kappa shape index (κ2) is 12.1. The second-order valence-corrected chi connectivity index (χ2v) is 10.3. The molecule has 0 bridgehead atoms. The van der Waals surface area contributed by atoms with Crippen molar-refractivity contribution >= 4 is 34.6 Å². The van der Waals surface area contributed by atoms with Gasteiger partial charge in [0.25, 0.3) is 0 Å². The van der Waals surface area contributed by atoms with Crippen LogP contribution in [0, 0.1) is 0 Å². The summed E-state index contributed by atoms with van der Waals surface area (Å²) in [5, 5.41) is 9.61. The van der Waals surface area contributed by atoms with Gasteiger partial charge in [-0.05, 0) is 29.8 Å². The molecule has 5 aromatic carbocycles. The molecule has 0 fully saturated rings. The summed E-state index contributed by atoms with van der Waals surface area (Å²) in [6, 6.07) is 49.2. The van der Waals surface area contributed by atoms with Crippen molar-refractivity contribution in [2.45, 2.75) is 6.42 Å². The normalized spacial score (nSPS) is 14.6. The van der Waals surface area contributed by atoms with Crippen molar-refractivity contribution in [3.8, 4) is 5.75 Å². The lowest BCUT2D eigenvalue weighted by atomic mass is 9.40. The van der Waals surface area contributed by atoms with E-state index in [4.69, 9.17) is 19.6 Å². The molecule has 6 rings (SSSR count). The van der Waals surface area contributed by atoms with E-state index in [0.29, 0.717) is 17.9 Å². The third-order valence-corrected chi connectivity index (χ3v) is 7.84. The highest BCUT2D eigenvalue weighted by atomic mass is 16.5. The molecule has 0 aromatic heterocycles. The van der Waals surface area contributed by atoms with Gasteiger partial charge in [-0.15, -0.1) is 5.11 Å². The van der Waals surface area contributed by atoms with Gasteiger partial charge in [0.2, 0.25) is 0 Å². The smallest absolute Gasteiger partial charge is 0.508 e. The SMILES string of the molecule is COc1ccc(N=NC2=C(c3ccccc3)O[B-](c3ccccc3)(c3ccccc3)[N+](C)=C2Cc2ccccc2)cc1. The molecule has 0 atom stereocenters. The van der Waals surface area contributed by atoms with Crippen LogP contribution in [0.5, 0.6) is 5.75 Å². The number of allylic oxidation sites excluding steroid dienone is 1.